The number of rotatable bonds is 5. The van der Waals surface area contributed by atoms with E-state index in [1.165, 1.54) is 0 Å². The molecule has 0 saturated carbocycles. The molecule has 98 valence electrons. The lowest BCUT2D eigenvalue weighted by atomic mass is 9.98. The molecule has 2 aromatic carbocycles. The van der Waals surface area contributed by atoms with Crippen LogP contribution < -0.4 is 4.74 Å². The van der Waals surface area contributed by atoms with Gasteiger partial charge in [0, 0.05) is 5.92 Å². The molecular formula is C17H18O2. The van der Waals surface area contributed by atoms with Gasteiger partial charge in [-0.25, -0.2) is 0 Å². The Bertz CT molecular complexity index is 529. The number of benzene rings is 2. The van der Waals surface area contributed by atoms with Crippen LogP contribution >= 0.6 is 0 Å². The molecule has 2 heteroatoms. The van der Waals surface area contributed by atoms with Gasteiger partial charge in [0.2, 0.25) is 0 Å². The van der Waals surface area contributed by atoms with Gasteiger partial charge in [-0.05, 0) is 43.2 Å². The quantitative estimate of drug-likeness (QED) is 0.797. The van der Waals surface area contributed by atoms with Gasteiger partial charge < -0.3 is 4.74 Å². The van der Waals surface area contributed by atoms with Gasteiger partial charge >= 0.3 is 0 Å². The van der Waals surface area contributed by atoms with Gasteiger partial charge in [-0.2, -0.15) is 0 Å². The van der Waals surface area contributed by atoms with Crippen LogP contribution in [0.15, 0.2) is 54.6 Å². The SMILES string of the molecule is CC(=O)C(C)Cc1ccc(Oc2ccccc2)cc1. The van der Waals surface area contributed by atoms with Crippen molar-refractivity contribution < 1.29 is 9.53 Å². The number of carbonyl (C=O) groups excluding carboxylic acids is 1. The summed E-state index contributed by atoms with van der Waals surface area (Å²) in [5.41, 5.74) is 1.16. The Labute approximate surface area is 114 Å². The molecular weight excluding hydrogens is 236 g/mol. The van der Waals surface area contributed by atoms with Crippen LogP contribution in [-0.4, -0.2) is 5.78 Å². The van der Waals surface area contributed by atoms with Crippen molar-refractivity contribution in [1.82, 2.24) is 0 Å². The minimum Gasteiger partial charge on any atom is -0.457 e. The second-order valence-electron chi connectivity index (χ2n) is 4.77. The topological polar surface area (TPSA) is 26.3 Å². The normalized spacial score (nSPS) is 11.9. The molecule has 0 aromatic heterocycles. The van der Waals surface area contributed by atoms with E-state index in [-0.39, 0.29) is 11.7 Å². The van der Waals surface area contributed by atoms with Crippen LogP contribution in [-0.2, 0) is 11.2 Å². The van der Waals surface area contributed by atoms with Crippen LogP contribution in [0.2, 0.25) is 0 Å². The highest BCUT2D eigenvalue weighted by atomic mass is 16.5. The molecule has 1 atom stereocenters. The van der Waals surface area contributed by atoms with E-state index in [1.807, 2.05) is 61.5 Å². The summed E-state index contributed by atoms with van der Waals surface area (Å²) in [6, 6.07) is 17.6. The van der Waals surface area contributed by atoms with E-state index in [9.17, 15) is 4.79 Å². The third-order valence-electron chi connectivity index (χ3n) is 3.14. The highest BCUT2D eigenvalue weighted by Gasteiger charge is 2.08. The van der Waals surface area contributed by atoms with Crippen molar-refractivity contribution in [3.05, 3.63) is 60.2 Å². The first-order chi connectivity index (χ1) is 9.15. The van der Waals surface area contributed by atoms with Gasteiger partial charge in [-0.15, -0.1) is 0 Å². The van der Waals surface area contributed by atoms with E-state index in [4.69, 9.17) is 4.74 Å². The first-order valence-corrected chi connectivity index (χ1v) is 6.47. The van der Waals surface area contributed by atoms with Crippen LogP contribution in [0.4, 0.5) is 0 Å². The molecule has 0 fully saturated rings. The highest BCUT2D eigenvalue weighted by Crippen LogP contribution is 2.22. The molecule has 0 radical (unpaired) electrons. The number of carbonyl (C=O) groups is 1. The average molecular weight is 254 g/mol. The van der Waals surface area contributed by atoms with Crippen molar-refractivity contribution in [2.75, 3.05) is 0 Å². The van der Waals surface area contributed by atoms with Crippen LogP contribution in [0.5, 0.6) is 11.5 Å². The van der Waals surface area contributed by atoms with Crippen molar-refractivity contribution in [3.8, 4) is 11.5 Å². The number of hydrogen-bond donors (Lipinski definition) is 0. The second kappa shape index (κ2) is 6.19. The lowest BCUT2D eigenvalue weighted by Gasteiger charge is -2.09. The predicted octanol–water partition coefficient (Wildman–Crippen LogP) is 4.25. The van der Waals surface area contributed by atoms with Crippen molar-refractivity contribution in [3.63, 3.8) is 0 Å². The predicted molar refractivity (Wildman–Crippen MR) is 76.5 cm³/mol. The highest BCUT2D eigenvalue weighted by molar-refractivity contribution is 5.78. The summed E-state index contributed by atoms with van der Waals surface area (Å²) in [7, 11) is 0. The largest absolute Gasteiger partial charge is 0.457 e. The first-order valence-electron chi connectivity index (χ1n) is 6.47. The Morgan fingerprint density at radius 1 is 1.00 bits per heavy atom. The molecule has 0 amide bonds. The maximum absolute atomic E-state index is 11.2. The average Bonchev–Trinajstić information content (AvgIpc) is 2.42. The Kier molecular flexibility index (Phi) is 4.35. The van der Waals surface area contributed by atoms with E-state index < -0.39 is 0 Å². The van der Waals surface area contributed by atoms with Crippen LogP contribution in [0.25, 0.3) is 0 Å². The molecule has 1 unspecified atom stereocenters. The van der Waals surface area contributed by atoms with Crippen molar-refractivity contribution >= 4 is 5.78 Å². The second-order valence-corrected chi connectivity index (χ2v) is 4.77. The van der Waals surface area contributed by atoms with E-state index >= 15 is 0 Å². The Balaban J connectivity index is 2.01. The molecule has 19 heavy (non-hydrogen) atoms. The molecule has 0 aliphatic rings. The molecule has 0 bridgehead atoms. The molecule has 0 N–H and O–H groups in total. The third-order valence-corrected chi connectivity index (χ3v) is 3.14. The maximum Gasteiger partial charge on any atom is 0.132 e. The maximum atomic E-state index is 11.2. The fraction of sp³-hybridized carbons (Fsp3) is 0.235. The van der Waals surface area contributed by atoms with Gasteiger partial charge in [-0.1, -0.05) is 37.3 Å². The summed E-state index contributed by atoms with van der Waals surface area (Å²) in [4.78, 5) is 11.2. The number of para-hydroxylation sites is 1. The van der Waals surface area contributed by atoms with Gasteiger partial charge in [0.25, 0.3) is 0 Å². The summed E-state index contributed by atoms with van der Waals surface area (Å²) >= 11 is 0. The van der Waals surface area contributed by atoms with Gasteiger partial charge in [0.05, 0.1) is 0 Å². The fourth-order valence-electron chi connectivity index (χ4n) is 1.82. The zero-order valence-corrected chi connectivity index (χ0v) is 11.3. The monoisotopic (exact) mass is 254 g/mol. The summed E-state index contributed by atoms with van der Waals surface area (Å²) in [6.45, 7) is 3.59. The number of ketones is 1. The third kappa shape index (κ3) is 3.95. The molecule has 0 aliphatic carbocycles. The van der Waals surface area contributed by atoms with Crippen LogP contribution in [0, 0.1) is 5.92 Å². The van der Waals surface area contributed by atoms with E-state index in [0.717, 1.165) is 23.5 Å². The molecule has 0 spiro atoms. The van der Waals surface area contributed by atoms with Crippen molar-refractivity contribution in [2.45, 2.75) is 20.3 Å². The number of ether oxygens (including phenoxy) is 1. The minimum absolute atomic E-state index is 0.0703. The fourth-order valence-corrected chi connectivity index (χ4v) is 1.82. The molecule has 0 heterocycles. The van der Waals surface area contributed by atoms with Gasteiger partial charge in [0.1, 0.15) is 17.3 Å². The van der Waals surface area contributed by atoms with Gasteiger partial charge in [0.15, 0.2) is 0 Å². The summed E-state index contributed by atoms with van der Waals surface area (Å²) in [6.07, 6.45) is 0.779. The Morgan fingerprint density at radius 3 is 2.16 bits per heavy atom. The molecule has 2 rings (SSSR count). The van der Waals surface area contributed by atoms with E-state index in [1.54, 1.807) is 6.92 Å². The zero-order valence-electron chi connectivity index (χ0n) is 11.3. The number of Topliss-reactive ketones (excluding diaryl/α,β-unsaturated/α-hetero) is 1. The standard InChI is InChI=1S/C17H18O2/c1-13(14(2)18)12-15-8-10-17(11-9-15)19-16-6-4-3-5-7-16/h3-11,13H,12H2,1-2H3. The first kappa shape index (κ1) is 13.3. The molecule has 2 aromatic rings. The summed E-state index contributed by atoms with van der Waals surface area (Å²) in [5, 5.41) is 0. The Morgan fingerprint density at radius 2 is 1.58 bits per heavy atom. The van der Waals surface area contributed by atoms with Crippen LogP contribution in [0.3, 0.4) is 0 Å². The van der Waals surface area contributed by atoms with E-state index in [2.05, 4.69) is 0 Å². The molecule has 0 aliphatic heterocycles. The zero-order chi connectivity index (χ0) is 13.7. The molecule has 2 nitrogen and oxygen atoms in total. The van der Waals surface area contributed by atoms with Crippen molar-refractivity contribution in [1.29, 1.82) is 0 Å². The van der Waals surface area contributed by atoms with Gasteiger partial charge in [-0.3, -0.25) is 4.79 Å². The lowest BCUT2D eigenvalue weighted by Crippen LogP contribution is -2.09. The van der Waals surface area contributed by atoms with E-state index in [0.29, 0.717) is 0 Å². The lowest BCUT2D eigenvalue weighted by molar-refractivity contribution is -0.120. The summed E-state index contributed by atoms with van der Waals surface area (Å²) < 4.78 is 5.72. The Hall–Kier alpha value is -2.09. The molecule has 0 saturated heterocycles. The van der Waals surface area contributed by atoms with Crippen LogP contribution in [0.1, 0.15) is 19.4 Å². The summed E-state index contributed by atoms with van der Waals surface area (Å²) in [5.74, 6) is 1.93. The van der Waals surface area contributed by atoms with Crippen molar-refractivity contribution in [2.24, 2.45) is 5.92 Å². The minimum atomic E-state index is 0.0703. The smallest absolute Gasteiger partial charge is 0.132 e. The number of hydrogen-bond acceptors (Lipinski definition) is 2.